The Bertz CT molecular complexity index is 4180. The maximum absolute atomic E-state index is 2.47. The van der Waals surface area contributed by atoms with Crippen molar-refractivity contribution in [2.45, 2.75) is 52.4 Å². The fourth-order valence-electron chi connectivity index (χ4n) is 12.6. The van der Waals surface area contributed by atoms with Gasteiger partial charge in [0.05, 0.1) is 11.0 Å². The summed E-state index contributed by atoms with van der Waals surface area (Å²) in [6, 6.07) is 78.1. The molecule has 0 fully saturated rings. The number of thiophene rings is 1. The zero-order valence-corrected chi connectivity index (χ0v) is 41.7. The highest BCUT2D eigenvalue weighted by Crippen LogP contribution is 2.53. The Balaban J connectivity index is 0.847. The third-order valence-corrected chi connectivity index (χ3v) is 17.2. The van der Waals surface area contributed by atoms with Crippen LogP contribution in [-0.2, 0) is 10.8 Å². The maximum Gasteiger partial charge on any atom is 0.0541 e. The molecule has 0 spiro atoms. The summed E-state index contributed by atoms with van der Waals surface area (Å²) in [7, 11) is 0. The van der Waals surface area contributed by atoms with Gasteiger partial charge in [0.1, 0.15) is 0 Å². The quantitative estimate of drug-likeness (QED) is 0.161. The molecule has 0 amide bonds. The molecule has 0 saturated heterocycles. The molecule has 0 radical (unpaired) electrons. The topological polar surface area (TPSA) is 8.17 Å². The summed E-state index contributed by atoms with van der Waals surface area (Å²) in [6.45, 7) is 13.9. The zero-order valence-electron chi connectivity index (χ0n) is 40.9. The van der Waals surface area contributed by atoms with E-state index in [-0.39, 0.29) is 10.8 Å². The molecule has 12 aromatic rings. The minimum Gasteiger partial charge on any atom is -0.310 e. The molecular weight excluding hydrogens is 877 g/mol. The number of aryl methyl sites for hydroxylation is 2. The average molecular weight is 929 g/mol. The second-order valence-corrected chi connectivity index (χ2v) is 22.2. The van der Waals surface area contributed by atoms with Crippen LogP contribution in [0.2, 0.25) is 0 Å². The number of nitrogens with zero attached hydrogens (tertiary/aromatic N) is 2. The first-order chi connectivity index (χ1) is 34.5. The van der Waals surface area contributed by atoms with Crippen LogP contribution in [0.3, 0.4) is 0 Å². The molecule has 2 aromatic heterocycles. The van der Waals surface area contributed by atoms with Gasteiger partial charge in [-0.3, -0.25) is 0 Å². The van der Waals surface area contributed by atoms with Crippen molar-refractivity contribution in [1.82, 2.24) is 4.57 Å². The van der Waals surface area contributed by atoms with Crippen molar-refractivity contribution < 1.29 is 0 Å². The van der Waals surface area contributed by atoms with E-state index in [0.29, 0.717) is 0 Å². The van der Waals surface area contributed by atoms with E-state index in [1.165, 1.54) is 126 Å². The lowest BCUT2D eigenvalue weighted by Crippen LogP contribution is -2.16. The molecule has 0 N–H and O–H groups in total. The number of anilines is 3. The van der Waals surface area contributed by atoms with Crippen LogP contribution >= 0.6 is 11.3 Å². The SMILES string of the molecule is Cc1cc(C)cc(-c2ccc3c(c2)C(C)(C)c2cc(-n4c5ccccc5c5cc(-c6ccc(N(c7ccc8c(c7)C(C)(C)c7ccccc7-8)c7ccc8sc9ccccc9c8c7)cc6)ccc54)ccc2-3)c1. The highest BCUT2D eigenvalue weighted by Gasteiger charge is 2.37. The van der Waals surface area contributed by atoms with E-state index in [1.54, 1.807) is 0 Å². The van der Waals surface area contributed by atoms with Crippen LogP contribution in [0.5, 0.6) is 0 Å². The van der Waals surface area contributed by atoms with Crippen molar-refractivity contribution in [3.05, 3.63) is 240 Å². The zero-order chi connectivity index (χ0) is 47.9. The van der Waals surface area contributed by atoms with Crippen LogP contribution in [0.15, 0.2) is 206 Å². The van der Waals surface area contributed by atoms with Crippen molar-refractivity contribution >= 4 is 70.4 Å². The minimum atomic E-state index is -0.156. The number of benzene rings is 10. The van der Waals surface area contributed by atoms with Gasteiger partial charge in [-0.1, -0.05) is 160 Å². The summed E-state index contributed by atoms with van der Waals surface area (Å²) in [5.41, 5.74) is 25.2. The molecule has 0 unspecified atom stereocenters. The van der Waals surface area contributed by atoms with Crippen LogP contribution < -0.4 is 4.90 Å². The lowest BCUT2D eigenvalue weighted by atomic mass is 9.81. The molecule has 10 aromatic carbocycles. The van der Waals surface area contributed by atoms with Gasteiger partial charge in [-0.25, -0.2) is 0 Å². The Morgan fingerprint density at radius 1 is 0.352 bits per heavy atom. The molecule has 3 heteroatoms. The summed E-state index contributed by atoms with van der Waals surface area (Å²) >= 11 is 1.87. The standard InChI is InChI=1S/C68H52N2S/c1-41-33-42(2)35-46(34-41)45-21-28-52-54-30-26-50(40-62(54)68(5,6)60(52)37-45)70-63-17-11-8-14-55(63)57-36-44(22-31-64(57)70)43-19-23-47(24-20-43)69(48-27-32-66-58(38-48)56-15-9-12-18-65(56)71-66)49-25-29-53-51-13-7-10-16-59(51)67(3,4)61(53)39-49/h7-40H,1-6H3. The molecule has 340 valence electrons. The molecule has 0 saturated carbocycles. The van der Waals surface area contributed by atoms with E-state index in [0.717, 1.165) is 17.1 Å². The Kier molecular flexibility index (Phi) is 9.01. The first kappa shape index (κ1) is 41.9. The molecule has 2 nitrogen and oxygen atoms in total. The van der Waals surface area contributed by atoms with Crippen molar-refractivity contribution in [1.29, 1.82) is 0 Å². The molecule has 14 rings (SSSR count). The van der Waals surface area contributed by atoms with E-state index in [1.807, 2.05) is 11.3 Å². The largest absolute Gasteiger partial charge is 0.310 e. The average Bonchev–Trinajstić information content (AvgIpc) is 4.06. The third kappa shape index (κ3) is 6.32. The number of fused-ring (bicyclic) bond motifs is 12. The molecule has 0 bridgehead atoms. The van der Waals surface area contributed by atoms with Gasteiger partial charge in [0.2, 0.25) is 0 Å². The van der Waals surface area contributed by atoms with Gasteiger partial charge >= 0.3 is 0 Å². The first-order valence-electron chi connectivity index (χ1n) is 25.0. The van der Waals surface area contributed by atoms with Gasteiger partial charge in [-0.15, -0.1) is 11.3 Å². The summed E-state index contributed by atoms with van der Waals surface area (Å²) in [5.74, 6) is 0. The monoisotopic (exact) mass is 928 g/mol. The van der Waals surface area contributed by atoms with E-state index < -0.39 is 0 Å². The van der Waals surface area contributed by atoms with Crippen molar-refractivity contribution in [2.75, 3.05) is 4.90 Å². The second-order valence-electron chi connectivity index (χ2n) is 21.1. The normalized spacial score (nSPS) is 14.0. The van der Waals surface area contributed by atoms with Gasteiger partial charge < -0.3 is 9.47 Å². The van der Waals surface area contributed by atoms with Crippen LogP contribution in [0.25, 0.3) is 92.2 Å². The van der Waals surface area contributed by atoms with E-state index in [2.05, 4.69) is 257 Å². The summed E-state index contributed by atoms with van der Waals surface area (Å²) in [4.78, 5) is 2.45. The Labute approximate surface area is 419 Å². The van der Waals surface area contributed by atoms with Crippen LogP contribution in [0, 0.1) is 13.8 Å². The van der Waals surface area contributed by atoms with Gasteiger partial charge in [-0.05, 0) is 166 Å². The Morgan fingerprint density at radius 2 is 0.901 bits per heavy atom. The van der Waals surface area contributed by atoms with Crippen LogP contribution in [0.1, 0.15) is 61.1 Å². The lowest BCUT2D eigenvalue weighted by Gasteiger charge is -2.28. The van der Waals surface area contributed by atoms with Crippen LogP contribution in [0.4, 0.5) is 17.1 Å². The number of rotatable bonds is 6. The van der Waals surface area contributed by atoms with Gasteiger partial charge in [0.25, 0.3) is 0 Å². The van der Waals surface area contributed by atoms with Gasteiger partial charge in [-0.2, -0.15) is 0 Å². The molecular formula is C68H52N2S. The molecule has 0 atom stereocenters. The summed E-state index contributed by atoms with van der Waals surface area (Å²) in [5, 5.41) is 5.11. The number of para-hydroxylation sites is 1. The fourth-order valence-corrected chi connectivity index (χ4v) is 13.6. The smallest absolute Gasteiger partial charge is 0.0541 e. The van der Waals surface area contributed by atoms with Crippen molar-refractivity contribution in [3.8, 4) is 50.2 Å². The first-order valence-corrected chi connectivity index (χ1v) is 25.8. The molecule has 71 heavy (non-hydrogen) atoms. The predicted molar refractivity (Wildman–Crippen MR) is 304 cm³/mol. The number of hydrogen-bond donors (Lipinski definition) is 0. The second kappa shape index (κ2) is 15.3. The fraction of sp³-hybridized carbons (Fsp3) is 0.118. The third-order valence-electron chi connectivity index (χ3n) is 16.0. The minimum absolute atomic E-state index is 0.109. The number of aromatic nitrogens is 1. The van der Waals surface area contributed by atoms with Gasteiger partial charge in [0.15, 0.2) is 0 Å². The Hall–Kier alpha value is -7.98. The highest BCUT2D eigenvalue weighted by molar-refractivity contribution is 7.25. The maximum atomic E-state index is 2.47. The predicted octanol–water partition coefficient (Wildman–Crippen LogP) is 19.2. The molecule has 0 aliphatic heterocycles. The van der Waals surface area contributed by atoms with Gasteiger partial charge in [0, 0.05) is 64.5 Å². The van der Waals surface area contributed by atoms with Crippen LogP contribution in [-0.4, -0.2) is 4.57 Å². The highest BCUT2D eigenvalue weighted by atomic mass is 32.1. The summed E-state index contributed by atoms with van der Waals surface area (Å²) < 4.78 is 5.10. The van der Waals surface area contributed by atoms with E-state index in [9.17, 15) is 0 Å². The Morgan fingerprint density at radius 3 is 1.72 bits per heavy atom. The summed E-state index contributed by atoms with van der Waals surface area (Å²) in [6.07, 6.45) is 0. The van der Waals surface area contributed by atoms with Crippen molar-refractivity contribution in [2.24, 2.45) is 0 Å². The molecule has 2 heterocycles. The van der Waals surface area contributed by atoms with E-state index >= 15 is 0 Å². The van der Waals surface area contributed by atoms with Crippen molar-refractivity contribution in [3.63, 3.8) is 0 Å². The lowest BCUT2D eigenvalue weighted by molar-refractivity contribution is 0.660. The molecule has 2 aliphatic carbocycles. The molecule has 2 aliphatic rings. The van der Waals surface area contributed by atoms with E-state index in [4.69, 9.17) is 0 Å². The number of hydrogen-bond acceptors (Lipinski definition) is 2.